The molecule has 0 spiro atoms. The van der Waals surface area contributed by atoms with Crippen molar-refractivity contribution >= 4 is 23.7 Å². The summed E-state index contributed by atoms with van der Waals surface area (Å²) in [4.78, 5) is 50.8. The number of aromatic nitrogens is 2. The Morgan fingerprint density at radius 1 is 1.17 bits per heavy atom. The summed E-state index contributed by atoms with van der Waals surface area (Å²) >= 11 is 0. The van der Waals surface area contributed by atoms with Crippen LogP contribution in [0.15, 0.2) is 36.4 Å². The van der Waals surface area contributed by atoms with Crippen LogP contribution in [0.5, 0.6) is 0 Å². The van der Waals surface area contributed by atoms with Gasteiger partial charge in [-0.25, -0.2) is 4.79 Å². The minimum absolute atomic E-state index is 0.0616. The van der Waals surface area contributed by atoms with Gasteiger partial charge < -0.3 is 20.7 Å². The number of amides is 3. The number of hydrogen-bond acceptors (Lipinski definition) is 6. The molecule has 1 aromatic carbocycles. The third kappa shape index (κ3) is 8.24. The number of aryl methyl sites for hydroxylation is 1. The first-order chi connectivity index (χ1) is 16.8. The fourth-order valence-corrected chi connectivity index (χ4v) is 3.83. The average molecular weight is 484 g/mol. The van der Waals surface area contributed by atoms with Crippen LogP contribution in [0.2, 0.25) is 0 Å². The lowest BCUT2D eigenvalue weighted by molar-refractivity contribution is -0.140. The maximum atomic E-state index is 13.2. The lowest BCUT2D eigenvalue weighted by Gasteiger charge is -2.23. The molecule has 35 heavy (non-hydrogen) atoms. The van der Waals surface area contributed by atoms with Crippen molar-refractivity contribution in [2.24, 2.45) is 5.92 Å². The van der Waals surface area contributed by atoms with Crippen molar-refractivity contribution in [2.75, 3.05) is 6.54 Å². The predicted octanol–water partition coefficient (Wildman–Crippen LogP) is 1.80. The molecule has 3 rings (SSSR count). The van der Waals surface area contributed by atoms with Crippen LogP contribution in [0.4, 0.5) is 4.79 Å². The van der Waals surface area contributed by atoms with Gasteiger partial charge in [-0.2, -0.15) is 5.10 Å². The van der Waals surface area contributed by atoms with E-state index < -0.39 is 35.8 Å². The molecule has 0 saturated carbocycles. The molecule has 4 N–H and O–H groups in total. The summed E-state index contributed by atoms with van der Waals surface area (Å²) < 4.78 is 5.26. The Labute approximate surface area is 204 Å². The van der Waals surface area contributed by atoms with Crippen LogP contribution in [0.3, 0.4) is 0 Å². The van der Waals surface area contributed by atoms with Crippen LogP contribution in [-0.4, -0.2) is 52.5 Å². The highest BCUT2D eigenvalue weighted by atomic mass is 16.5. The molecule has 2 bridgehead atoms. The standard InChI is InChI=1S/C25H33N5O5/c1-16(2)12-21(28-25(34)35-15-17-8-4-3-5-9-17)23(32)27-20-14-19-13-18(29-30-19)10-6-7-11-26-24(33)22(20)31/h3-5,8-9,13,16,20-21H,6-7,10-12,14-15H2,1-2H3,(H,26,33)(H,27,32)(H,28,34)(H,29,30). The molecule has 2 atom stereocenters. The number of nitrogens with one attached hydrogen (secondary N) is 4. The van der Waals surface area contributed by atoms with Gasteiger partial charge in [0.25, 0.3) is 5.91 Å². The zero-order valence-electron chi connectivity index (χ0n) is 20.1. The van der Waals surface area contributed by atoms with E-state index in [0.717, 1.165) is 24.1 Å². The smallest absolute Gasteiger partial charge is 0.408 e. The maximum Gasteiger partial charge on any atom is 0.408 e. The molecule has 188 valence electrons. The van der Waals surface area contributed by atoms with E-state index in [4.69, 9.17) is 4.74 Å². The first-order valence-corrected chi connectivity index (χ1v) is 11.9. The van der Waals surface area contributed by atoms with Crippen molar-refractivity contribution in [1.29, 1.82) is 0 Å². The number of carbonyl (C=O) groups excluding carboxylic acids is 4. The number of aromatic amines is 1. The summed E-state index contributed by atoms with van der Waals surface area (Å²) in [5.41, 5.74) is 2.32. The number of Topliss-reactive ketones (excluding diaryl/α,β-unsaturated/α-hetero) is 1. The van der Waals surface area contributed by atoms with Gasteiger partial charge in [-0.1, -0.05) is 44.2 Å². The predicted molar refractivity (Wildman–Crippen MR) is 128 cm³/mol. The second-order valence-electron chi connectivity index (χ2n) is 9.12. The van der Waals surface area contributed by atoms with E-state index in [1.54, 1.807) is 0 Å². The van der Waals surface area contributed by atoms with Crippen LogP contribution in [-0.2, 0) is 38.6 Å². The SMILES string of the molecule is CC(C)CC(NC(=O)OCc1ccccc1)C(=O)NC1Cc2cc(n[nH]2)CCCCNC(=O)C1=O. The Bertz CT molecular complexity index is 1020. The average Bonchev–Trinajstić information content (AvgIpc) is 3.28. The van der Waals surface area contributed by atoms with E-state index in [9.17, 15) is 19.2 Å². The maximum absolute atomic E-state index is 13.2. The summed E-state index contributed by atoms with van der Waals surface area (Å²) in [5.74, 6) is -1.98. The molecule has 2 heterocycles. The van der Waals surface area contributed by atoms with E-state index in [1.165, 1.54) is 0 Å². The van der Waals surface area contributed by atoms with Gasteiger partial charge in [0.2, 0.25) is 11.7 Å². The Morgan fingerprint density at radius 2 is 1.94 bits per heavy atom. The molecule has 0 radical (unpaired) electrons. The van der Waals surface area contributed by atoms with Crippen molar-refractivity contribution in [3.05, 3.63) is 53.3 Å². The van der Waals surface area contributed by atoms with Gasteiger partial charge in [0.15, 0.2) is 0 Å². The molecule has 0 aliphatic carbocycles. The summed E-state index contributed by atoms with van der Waals surface area (Å²) in [6.07, 6.45) is 1.97. The molecule has 2 unspecified atom stereocenters. The molecule has 10 heteroatoms. The fraction of sp³-hybridized carbons (Fsp3) is 0.480. The normalized spacial score (nSPS) is 17.5. The third-order valence-electron chi connectivity index (χ3n) is 5.64. The summed E-state index contributed by atoms with van der Waals surface area (Å²) in [6, 6.07) is 8.99. The molecule has 1 aromatic heterocycles. The lowest BCUT2D eigenvalue weighted by Crippen LogP contribution is -2.55. The number of rotatable bonds is 7. The minimum Gasteiger partial charge on any atom is -0.445 e. The number of nitrogens with zero attached hydrogens (tertiary/aromatic N) is 1. The molecular weight excluding hydrogens is 450 g/mol. The number of fused-ring (bicyclic) bond motifs is 2. The van der Waals surface area contributed by atoms with Crippen molar-refractivity contribution in [3.63, 3.8) is 0 Å². The highest BCUT2D eigenvalue weighted by Gasteiger charge is 2.31. The topological polar surface area (TPSA) is 142 Å². The molecule has 0 saturated heterocycles. The number of carbonyl (C=O) groups is 4. The first kappa shape index (κ1) is 25.9. The molecular formula is C25H33N5O5. The van der Waals surface area contributed by atoms with Gasteiger partial charge in [-0.05, 0) is 43.2 Å². The Balaban J connectivity index is 1.69. The van der Waals surface area contributed by atoms with E-state index in [0.29, 0.717) is 25.1 Å². The van der Waals surface area contributed by atoms with Gasteiger partial charge in [-0.3, -0.25) is 19.5 Å². The number of hydrogen-bond donors (Lipinski definition) is 4. The molecule has 2 aromatic rings. The third-order valence-corrected chi connectivity index (χ3v) is 5.64. The van der Waals surface area contributed by atoms with Gasteiger partial charge in [0.1, 0.15) is 18.7 Å². The quantitative estimate of drug-likeness (QED) is 0.443. The largest absolute Gasteiger partial charge is 0.445 e. The van der Waals surface area contributed by atoms with E-state index in [1.807, 2.05) is 50.2 Å². The van der Waals surface area contributed by atoms with Gasteiger partial charge in [0.05, 0.1) is 5.69 Å². The minimum atomic E-state index is -1.10. The summed E-state index contributed by atoms with van der Waals surface area (Å²) in [7, 11) is 0. The monoisotopic (exact) mass is 483 g/mol. The molecule has 10 nitrogen and oxygen atoms in total. The van der Waals surface area contributed by atoms with E-state index in [2.05, 4.69) is 26.1 Å². The van der Waals surface area contributed by atoms with Crippen LogP contribution in [0.1, 0.15) is 50.1 Å². The molecule has 1 aliphatic rings. The van der Waals surface area contributed by atoms with Crippen LogP contribution >= 0.6 is 0 Å². The fourth-order valence-electron chi connectivity index (χ4n) is 3.83. The Morgan fingerprint density at radius 3 is 2.69 bits per heavy atom. The Kier molecular flexibility index (Phi) is 9.39. The first-order valence-electron chi connectivity index (χ1n) is 11.9. The molecule has 1 aliphatic heterocycles. The Hall–Kier alpha value is -3.69. The summed E-state index contributed by atoms with van der Waals surface area (Å²) in [5, 5.41) is 15.0. The zero-order valence-corrected chi connectivity index (χ0v) is 20.1. The van der Waals surface area contributed by atoms with Crippen LogP contribution in [0, 0.1) is 5.92 Å². The van der Waals surface area contributed by atoms with Crippen molar-refractivity contribution < 1.29 is 23.9 Å². The highest BCUT2D eigenvalue weighted by Crippen LogP contribution is 2.11. The van der Waals surface area contributed by atoms with Gasteiger partial charge in [0, 0.05) is 18.7 Å². The summed E-state index contributed by atoms with van der Waals surface area (Å²) in [6.45, 7) is 4.26. The van der Waals surface area contributed by atoms with E-state index in [-0.39, 0.29) is 18.9 Å². The molecule has 3 amide bonds. The number of ether oxygens (including phenoxy) is 1. The second kappa shape index (κ2) is 12.7. The number of benzene rings is 1. The van der Waals surface area contributed by atoms with Crippen LogP contribution < -0.4 is 16.0 Å². The van der Waals surface area contributed by atoms with Gasteiger partial charge in [-0.15, -0.1) is 0 Å². The number of H-pyrrole nitrogens is 1. The van der Waals surface area contributed by atoms with Crippen molar-refractivity contribution in [1.82, 2.24) is 26.1 Å². The number of ketones is 1. The zero-order chi connectivity index (χ0) is 25.2. The van der Waals surface area contributed by atoms with Crippen molar-refractivity contribution in [3.8, 4) is 0 Å². The second-order valence-corrected chi connectivity index (χ2v) is 9.12. The van der Waals surface area contributed by atoms with Crippen molar-refractivity contribution in [2.45, 2.75) is 64.6 Å². The van der Waals surface area contributed by atoms with E-state index >= 15 is 0 Å². The lowest BCUT2D eigenvalue weighted by atomic mass is 10.0. The van der Waals surface area contributed by atoms with Gasteiger partial charge >= 0.3 is 6.09 Å². The number of alkyl carbamates (subject to hydrolysis) is 1. The highest BCUT2D eigenvalue weighted by molar-refractivity contribution is 6.38. The van der Waals surface area contributed by atoms with Crippen LogP contribution in [0.25, 0.3) is 0 Å². The molecule has 0 fully saturated rings.